The van der Waals surface area contributed by atoms with Gasteiger partial charge in [0, 0.05) is 5.41 Å². The molecule has 0 unspecified atom stereocenters. The molecule has 16 N–H and O–H groups in total. The normalized spacial score (nSPS) is 49.4. The molecule has 0 amide bonds. The molecule has 0 bridgehead atoms. The first-order chi connectivity index (χ1) is 48.6. The molecule has 33 heteroatoms. The Morgan fingerprint density at radius 2 is 1.04 bits per heavy atom. The molecule has 4 saturated carbocycles. The highest BCUT2D eigenvalue weighted by Crippen LogP contribution is 2.76. The van der Waals surface area contributed by atoms with Crippen LogP contribution in [0.2, 0.25) is 0 Å². The Labute approximate surface area is 603 Å². The number of esters is 4. The maximum absolute atomic E-state index is 16.0. The summed E-state index contributed by atoms with van der Waals surface area (Å²) >= 11 is 0. The van der Waals surface area contributed by atoms with Crippen LogP contribution in [-0.2, 0) is 80.8 Å². The van der Waals surface area contributed by atoms with Crippen LogP contribution in [-0.4, -0.2) is 309 Å². The summed E-state index contributed by atoms with van der Waals surface area (Å²) in [6.07, 6.45) is -43.6. The molecule has 10 aliphatic rings. The van der Waals surface area contributed by atoms with Gasteiger partial charge in [0.15, 0.2) is 37.4 Å². The highest BCUT2D eigenvalue weighted by atomic mass is 16.8. The second-order valence-corrected chi connectivity index (χ2v) is 33.2. The van der Waals surface area contributed by atoms with E-state index < -0.39 is 279 Å². The van der Waals surface area contributed by atoms with Crippen LogP contribution >= 0.6 is 0 Å². The third-order valence-electron chi connectivity index (χ3n) is 25.5. The molecule has 5 saturated heterocycles. The monoisotopic (exact) mass is 1490 g/mol. The Morgan fingerprint density at radius 1 is 0.510 bits per heavy atom. The number of ether oxygens (including phenoxy) is 13. The van der Waals surface area contributed by atoms with Crippen LogP contribution in [0.3, 0.4) is 0 Å². The fourth-order valence-corrected chi connectivity index (χ4v) is 19.6. The molecule has 5 aliphatic carbocycles. The number of allylic oxidation sites excluding steroid dienone is 2. The van der Waals surface area contributed by atoms with Crippen molar-refractivity contribution in [3.63, 3.8) is 0 Å². The lowest BCUT2D eigenvalue weighted by molar-refractivity contribution is -0.368. The predicted molar refractivity (Wildman–Crippen MR) is 350 cm³/mol. The third-order valence-corrected chi connectivity index (χ3v) is 25.5. The fraction of sp³-hybridized carbons (Fsp3) is 0.915. The van der Waals surface area contributed by atoms with E-state index in [-0.39, 0.29) is 37.5 Å². The summed E-state index contributed by atoms with van der Waals surface area (Å²) < 4.78 is 77.1. The van der Waals surface area contributed by atoms with Crippen molar-refractivity contribution in [3.8, 4) is 0 Å². The summed E-state index contributed by atoms with van der Waals surface area (Å²) in [6, 6.07) is 0. The van der Waals surface area contributed by atoms with Crippen molar-refractivity contribution in [3.05, 3.63) is 11.6 Å². The number of hydrogen-bond acceptors (Lipinski definition) is 33. The number of carbonyl (C=O) groups is 4. The molecule has 0 spiro atoms. The largest absolute Gasteiger partial charge is 0.462 e. The number of hydrogen-bond donors (Lipinski definition) is 16. The highest BCUT2D eigenvalue weighted by molar-refractivity contribution is 5.80. The van der Waals surface area contributed by atoms with Gasteiger partial charge in [0.2, 0.25) is 6.29 Å². The van der Waals surface area contributed by atoms with E-state index in [4.69, 9.17) is 61.6 Å². The van der Waals surface area contributed by atoms with Gasteiger partial charge >= 0.3 is 23.9 Å². The molecular formula is C71H114O33. The molecule has 0 aromatic rings. The molecule has 10 rings (SSSR count). The van der Waals surface area contributed by atoms with Gasteiger partial charge < -0.3 is 143 Å². The van der Waals surface area contributed by atoms with Crippen molar-refractivity contribution in [1.29, 1.82) is 0 Å². The molecule has 9 fully saturated rings. The molecule has 0 radical (unpaired) electrons. The number of aliphatic hydroxyl groups excluding tert-OH is 16. The van der Waals surface area contributed by atoms with E-state index in [2.05, 4.69) is 40.7 Å². The van der Waals surface area contributed by atoms with E-state index in [0.29, 0.717) is 32.1 Å². The van der Waals surface area contributed by atoms with E-state index in [1.54, 1.807) is 6.92 Å². The average Bonchev–Trinajstić information content (AvgIpc) is 0.727. The minimum absolute atomic E-state index is 0.0405. The average molecular weight is 1500 g/mol. The minimum atomic E-state index is -2.12. The van der Waals surface area contributed by atoms with Gasteiger partial charge in [0.05, 0.1) is 81.8 Å². The number of fused-ring (bicyclic) bond motifs is 7. The Balaban J connectivity index is 0.901. The van der Waals surface area contributed by atoms with Gasteiger partial charge in [-0.05, 0) is 132 Å². The molecule has 596 valence electrons. The summed E-state index contributed by atoms with van der Waals surface area (Å²) in [7, 11) is 0. The van der Waals surface area contributed by atoms with Crippen molar-refractivity contribution < 1.29 is 162 Å². The van der Waals surface area contributed by atoms with E-state index in [1.165, 1.54) is 41.5 Å². The maximum atomic E-state index is 16.0. The van der Waals surface area contributed by atoms with Gasteiger partial charge in [-0.1, -0.05) is 53.2 Å². The second-order valence-electron chi connectivity index (χ2n) is 33.2. The van der Waals surface area contributed by atoms with E-state index in [1.807, 2.05) is 0 Å². The van der Waals surface area contributed by atoms with Gasteiger partial charge in [0.1, 0.15) is 103 Å². The molecule has 33 nitrogen and oxygen atoms in total. The van der Waals surface area contributed by atoms with Crippen LogP contribution in [0.4, 0.5) is 0 Å². The van der Waals surface area contributed by atoms with Gasteiger partial charge in [-0.25, -0.2) is 0 Å². The van der Waals surface area contributed by atoms with E-state index in [9.17, 15) is 96.1 Å². The predicted octanol–water partition coefficient (Wildman–Crippen LogP) is -2.61. The van der Waals surface area contributed by atoms with Crippen LogP contribution in [0.5, 0.6) is 0 Å². The molecule has 0 aromatic carbocycles. The van der Waals surface area contributed by atoms with Gasteiger partial charge in [-0.3, -0.25) is 19.2 Å². The third kappa shape index (κ3) is 15.3. The Morgan fingerprint density at radius 3 is 1.65 bits per heavy atom. The number of rotatable bonds is 22. The first-order valence-electron chi connectivity index (χ1n) is 36.6. The zero-order valence-corrected chi connectivity index (χ0v) is 61.1. The van der Waals surface area contributed by atoms with Crippen LogP contribution in [0.25, 0.3) is 0 Å². The van der Waals surface area contributed by atoms with Crippen LogP contribution in [0, 0.1) is 50.2 Å². The van der Waals surface area contributed by atoms with Gasteiger partial charge in [-0.15, -0.1) is 0 Å². The standard InChI is InChI=1S/C71H114O33/c1-28(75)19-42(78)92-29(2)20-43(79)93-30(3)21-44(80)99-56-33(6)96-64(58(53(56)89)102-61-52(88)49(85)55(32(5)95-61)100-63-54(90)57(38(26-73)98-63)101-60-50(86)47(83)45(81)31(4)94-60)104-65(91)71-18-17-66(7,8)22-35(71)34-13-14-40-67(9)23-36(76)59(103-62-51(87)48(84)46(82)37(25-72)97-62)68(10,27-74)39(67)15-16-69(40,11)70(34,12)24-41(71)77/h13,28-33,35-41,45-64,72-77,81-90H,14-27H2,1-12H3/t28-,29+,30+,31+,32+,33+,35-,36-,37+,38+,39+,40+,41+,45+,46+,47-,48-,49+,50-,51+,52-,53-,54+,55+,56-,57-,58+,59-,60+,61+,62-,63-,64-,67-,68-,69+,70+,71+/m0/s1. The maximum Gasteiger partial charge on any atom is 0.317 e. The topological polar surface area (TPSA) is 512 Å². The van der Waals surface area contributed by atoms with E-state index >= 15 is 4.79 Å². The lowest BCUT2D eigenvalue weighted by atomic mass is 9.33. The quantitative estimate of drug-likeness (QED) is 0.0229. The van der Waals surface area contributed by atoms with Gasteiger partial charge in [-0.2, -0.15) is 0 Å². The number of carbonyl (C=O) groups excluding carboxylic acids is 4. The highest BCUT2D eigenvalue weighted by Gasteiger charge is 2.74. The summed E-state index contributed by atoms with van der Waals surface area (Å²) in [5.41, 5.74) is -4.58. The lowest BCUT2D eigenvalue weighted by Gasteiger charge is -2.72. The zero-order chi connectivity index (χ0) is 76.7. The minimum Gasteiger partial charge on any atom is -0.462 e. The first-order valence-corrected chi connectivity index (χ1v) is 36.6. The first kappa shape index (κ1) is 83.1. The smallest absolute Gasteiger partial charge is 0.317 e. The van der Waals surface area contributed by atoms with Crippen molar-refractivity contribution >= 4 is 23.9 Å². The Hall–Kier alpha value is -3.38. The Bertz CT molecular complexity index is 3010. The second kappa shape index (κ2) is 31.8. The lowest BCUT2D eigenvalue weighted by Crippen LogP contribution is -2.70. The molecule has 5 aliphatic heterocycles. The SMILES string of the molecule is C[C@H](O)CC(=O)O[C@H](C)CC(=O)O[C@H](C)CC(=O)O[C@@H]1[C@H](O)[C@@H](O[C@H]2O[C@H](C)[C@@H](O[C@@H]3O[C@H](CO)[C@H](O[C@H]4O[C@H](C)[C@@H](O)[C@H](O)[C@@H]4O)[C@H]3O)[C@H](O)[C@@H]2O)[C@H](OC(=O)[C@]23CCC(C)(C)C[C@H]2C2=CC[C@@H]4[C@@]5(C)C[C@H](O)[C@H](O[C@@H]6O[C@H](CO)[C@@H](O)[C@H](O)[C@H]6O)[C@@](C)(CO)[C@@H]5CC[C@@]4(C)[C@]2(C)C[C@H]3O)O[C@@H]1C. The van der Waals surface area contributed by atoms with Crippen LogP contribution in [0.15, 0.2) is 11.6 Å². The van der Waals surface area contributed by atoms with E-state index in [0.717, 1.165) is 5.57 Å². The van der Waals surface area contributed by atoms with Crippen molar-refractivity contribution in [2.24, 2.45) is 50.2 Å². The summed E-state index contributed by atoms with van der Waals surface area (Å²) in [5.74, 6) is -4.80. The van der Waals surface area contributed by atoms with Crippen LogP contribution in [0.1, 0.15) is 154 Å². The molecule has 104 heavy (non-hydrogen) atoms. The molecule has 5 heterocycles. The van der Waals surface area contributed by atoms with Gasteiger partial charge in [0.25, 0.3) is 0 Å². The van der Waals surface area contributed by atoms with Crippen molar-refractivity contribution in [2.75, 3.05) is 19.8 Å². The Kier molecular flexibility index (Phi) is 25.4. The summed E-state index contributed by atoms with van der Waals surface area (Å²) in [4.78, 5) is 54.9. The summed E-state index contributed by atoms with van der Waals surface area (Å²) in [6.45, 7) is 18.8. The van der Waals surface area contributed by atoms with Crippen molar-refractivity contribution in [1.82, 2.24) is 0 Å². The number of aliphatic hydroxyl groups is 16. The zero-order valence-electron chi connectivity index (χ0n) is 61.1. The summed E-state index contributed by atoms with van der Waals surface area (Å²) in [5, 5.41) is 179. The molecule has 0 aromatic heterocycles. The van der Waals surface area contributed by atoms with Crippen molar-refractivity contribution in [2.45, 2.75) is 338 Å². The molecular weight excluding hydrogens is 1380 g/mol. The van der Waals surface area contributed by atoms with Crippen LogP contribution < -0.4 is 0 Å². The molecule has 38 atom stereocenters. The fourth-order valence-electron chi connectivity index (χ4n) is 19.6.